The quantitative estimate of drug-likeness (QED) is 0.0956. The molecule has 1 aromatic heterocycles. The van der Waals surface area contributed by atoms with Gasteiger partial charge in [-0.2, -0.15) is 0 Å². The Morgan fingerprint density at radius 2 is 1.12 bits per heavy atom. The molecular formula is C58H69ClN6O6S2. The molecule has 73 heavy (non-hydrogen) atoms. The van der Waals surface area contributed by atoms with Gasteiger partial charge in [0.2, 0.25) is 0 Å². The molecule has 6 aromatic rings. The first-order chi connectivity index (χ1) is 34.8. The molecule has 8 rings (SSSR count). The number of fused-ring (bicyclic) bond motifs is 2. The van der Waals surface area contributed by atoms with Crippen LogP contribution < -0.4 is 10.6 Å². The number of amides is 2. The number of rotatable bonds is 16. The minimum Gasteiger partial charge on any atom is -0.348 e. The zero-order chi connectivity index (χ0) is 52.6. The van der Waals surface area contributed by atoms with Gasteiger partial charge in [-0.15, -0.1) is 0 Å². The lowest BCUT2D eigenvalue weighted by Gasteiger charge is -2.40. The lowest BCUT2D eigenvalue weighted by molar-refractivity contribution is 0.0934. The predicted molar refractivity (Wildman–Crippen MR) is 290 cm³/mol. The molecule has 2 aliphatic heterocycles. The van der Waals surface area contributed by atoms with Crippen LogP contribution in [0.25, 0.3) is 0 Å². The van der Waals surface area contributed by atoms with Gasteiger partial charge >= 0.3 is 0 Å². The van der Waals surface area contributed by atoms with Gasteiger partial charge in [0.15, 0.2) is 19.7 Å². The number of nitrogens with one attached hydrogen (secondary N) is 2. The average Bonchev–Trinajstić information content (AvgIpc) is 3.38. The van der Waals surface area contributed by atoms with Gasteiger partial charge in [-0.25, -0.2) is 16.8 Å². The van der Waals surface area contributed by atoms with Gasteiger partial charge in [-0.3, -0.25) is 29.4 Å². The van der Waals surface area contributed by atoms with Gasteiger partial charge in [0.25, 0.3) is 11.8 Å². The van der Waals surface area contributed by atoms with Gasteiger partial charge in [-0.1, -0.05) is 102 Å². The smallest absolute Gasteiger partial charge is 0.251 e. The van der Waals surface area contributed by atoms with Gasteiger partial charge in [0.1, 0.15) is 0 Å². The van der Waals surface area contributed by atoms with Crippen molar-refractivity contribution >= 4 is 43.1 Å². The van der Waals surface area contributed by atoms with Crippen molar-refractivity contribution in [2.24, 2.45) is 11.8 Å². The molecule has 0 fully saturated rings. The molecule has 0 bridgehead atoms. The summed E-state index contributed by atoms with van der Waals surface area (Å²) in [7, 11) is -6.48. The number of hydrogen-bond donors (Lipinski definition) is 2. The van der Waals surface area contributed by atoms with E-state index in [1.165, 1.54) is 27.8 Å². The van der Waals surface area contributed by atoms with E-state index < -0.39 is 19.7 Å². The van der Waals surface area contributed by atoms with Gasteiger partial charge in [-0.05, 0) is 138 Å². The average molecular weight is 1050 g/mol. The van der Waals surface area contributed by atoms with Crippen LogP contribution in [-0.4, -0.2) is 73.0 Å². The number of aromatic nitrogens is 2. The highest BCUT2D eigenvalue weighted by molar-refractivity contribution is 7.91. The molecule has 0 spiro atoms. The number of benzene rings is 5. The second kappa shape index (κ2) is 24.1. The summed E-state index contributed by atoms with van der Waals surface area (Å²) in [5, 5.41) is 6.77. The lowest BCUT2D eigenvalue weighted by Crippen LogP contribution is -2.38. The van der Waals surface area contributed by atoms with E-state index in [1.54, 1.807) is 62.4 Å². The van der Waals surface area contributed by atoms with Crippen molar-refractivity contribution in [1.29, 1.82) is 0 Å². The standard InChI is InChI=1S/C29H33ClN2O3S.C29H36N4O3S/c1-4-36(34,35)26-12-7-21(8-13-26)18-31-29(33)24-9-14-27-23(17-24)15-16-32(28(27)20(2)3)19-22-5-10-25(30)11-6-22;1-6-37(35,36)26-10-7-22(8-11-26)21(5)32-29(34)24-9-12-27-23(15-24)13-14-33(28(27)19(2)3)18-25-17-30-20(4)16-31-25/h5-14,17,20,28H,4,15-16,18-19H2,1-3H3,(H,31,33);7-12,15-17,19,21,28H,6,13-14,18H2,1-5H3,(H,32,34). The third-order valence-corrected chi connectivity index (χ3v) is 17.7. The molecule has 12 nitrogen and oxygen atoms in total. The molecule has 386 valence electrons. The van der Waals surface area contributed by atoms with E-state index >= 15 is 0 Å². The summed E-state index contributed by atoms with van der Waals surface area (Å²) in [6.45, 7) is 19.8. The number of hydrogen-bond acceptors (Lipinski definition) is 10. The predicted octanol–water partition coefficient (Wildman–Crippen LogP) is 10.6. The van der Waals surface area contributed by atoms with Crippen molar-refractivity contribution in [2.75, 3.05) is 24.6 Å². The monoisotopic (exact) mass is 1040 g/mol. The fraction of sp³-hybridized carbons (Fsp3) is 0.379. The van der Waals surface area contributed by atoms with E-state index in [9.17, 15) is 26.4 Å². The largest absolute Gasteiger partial charge is 0.348 e. The molecular weight excluding hydrogens is 976 g/mol. The number of nitrogens with zero attached hydrogens (tertiary/aromatic N) is 4. The first-order valence-corrected chi connectivity index (χ1v) is 28.9. The summed E-state index contributed by atoms with van der Waals surface area (Å²) >= 11 is 6.06. The first kappa shape index (κ1) is 55.0. The zero-order valence-corrected chi connectivity index (χ0v) is 45.6. The minimum atomic E-state index is -3.25. The summed E-state index contributed by atoms with van der Waals surface area (Å²) in [5.41, 5.74) is 11.1. The van der Waals surface area contributed by atoms with E-state index in [4.69, 9.17) is 11.6 Å². The van der Waals surface area contributed by atoms with Crippen molar-refractivity contribution in [3.05, 3.63) is 188 Å². The Bertz CT molecular complexity index is 3090. The summed E-state index contributed by atoms with van der Waals surface area (Å²) in [6, 6.07) is 33.8. The molecule has 2 amide bonds. The number of aryl methyl sites for hydroxylation is 1. The lowest BCUT2D eigenvalue weighted by atomic mass is 9.85. The second-order valence-corrected chi connectivity index (χ2v) is 24.8. The number of halogens is 1. The third-order valence-electron chi connectivity index (χ3n) is 13.9. The van der Waals surface area contributed by atoms with Gasteiger partial charge in [0, 0.05) is 73.4 Å². The molecule has 2 N–H and O–H groups in total. The second-order valence-electron chi connectivity index (χ2n) is 19.8. The highest BCUT2D eigenvalue weighted by Crippen LogP contribution is 2.38. The molecule has 3 atom stereocenters. The summed E-state index contributed by atoms with van der Waals surface area (Å²) in [6.07, 6.45) is 5.42. The topological polar surface area (TPSA) is 159 Å². The Balaban J connectivity index is 0.000000214. The molecule has 0 saturated heterocycles. The van der Waals surface area contributed by atoms with E-state index in [1.807, 2.05) is 62.6 Å². The van der Waals surface area contributed by atoms with Crippen LogP contribution in [0.3, 0.4) is 0 Å². The van der Waals surface area contributed by atoms with Crippen molar-refractivity contribution in [3.63, 3.8) is 0 Å². The van der Waals surface area contributed by atoms with E-state index in [-0.39, 0.29) is 41.4 Å². The zero-order valence-electron chi connectivity index (χ0n) is 43.2. The summed E-state index contributed by atoms with van der Waals surface area (Å²) in [4.78, 5) is 40.5. The fourth-order valence-corrected chi connectivity index (χ4v) is 11.8. The van der Waals surface area contributed by atoms with Crippen molar-refractivity contribution in [3.8, 4) is 0 Å². The highest BCUT2D eigenvalue weighted by Gasteiger charge is 2.32. The van der Waals surface area contributed by atoms with Crippen LogP contribution in [0.2, 0.25) is 5.02 Å². The van der Waals surface area contributed by atoms with E-state index in [2.05, 4.69) is 82.4 Å². The molecule has 0 saturated carbocycles. The van der Waals surface area contributed by atoms with Crippen molar-refractivity contribution < 1.29 is 26.4 Å². The van der Waals surface area contributed by atoms with E-state index in [0.717, 1.165) is 66.6 Å². The summed E-state index contributed by atoms with van der Waals surface area (Å²) in [5.74, 6) is 0.684. The molecule has 2 aliphatic rings. The fourth-order valence-electron chi connectivity index (χ4n) is 9.91. The van der Waals surface area contributed by atoms with E-state index in [0.29, 0.717) is 39.3 Å². The minimum absolute atomic E-state index is 0.0619. The van der Waals surface area contributed by atoms with Gasteiger partial charge in [0.05, 0.1) is 38.7 Å². The molecule has 0 aliphatic carbocycles. The van der Waals surface area contributed by atoms with Crippen LogP contribution in [0.15, 0.2) is 131 Å². The van der Waals surface area contributed by atoms with Crippen LogP contribution in [0, 0.1) is 18.8 Å². The van der Waals surface area contributed by atoms with Crippen LogP contribution >= 0.6 is 11.6 Å². The third kappa shape index (κ3) is 13.7. The first-order valence-electron chi connectivity index (χ1n) is 25.3. The van der Waals surface area contributed by atoms with Crippen molar-refractivity contribution in [1.82, 2.24) is 30.4 Å². The number of sulfone groups is 2. The maximum Gasteiger partial charge on any atom is 0.251 e. The normalized spacial score (nSPS) is 16.5. The molecule has 3 unspecified atom stereocenters. The maximum atomic E-state index is 13.1. The van der Waals surface area contributed by atoms with Crippen LogP contribution in [0.1, 0.15) is 138 Å². The highest BCUT2D eigenvalue weighted by atomic mass is 35.5. The molecule has 5 aromatic carbocycles. The van der Waals surface area contributed by atoms with Crippen LogP contribution in [-0.2, 0) is 52.2 Å². The molecule has 0 radical (unpaired) electrons. The molecule has 15 heteroatoms. The Morgan fingerprint density at radius 1 is 0.630 bits per heavy atom. The Hall–Kier alpha value is -5.77. The Kier molecular flexibility index (Phi) is 18.1. The Labute approximate surface area is 437 Å². The van der Waals surface area contributed by atoms with Gasteiger partial charge < -0.3 is 10.6 Å². The maximum absolute atomic E-state index is 13.1. The van der Waals surface area contributed by atoms with Crippen LogP contribution in [0.5, 0.6) is 0 Å². The number of carbonyl (C=O) groups excluding carboxylic acids is 2. The summed E-state index contributed by atoms with van der Waals surface area (Å²) < 4.78 is 48.1. The van der Waals surface area contributed by atoms with Crippen LogP contribution in [0.4, 0.5) is 0 Å². The molecule has 3 heterocycles. The Morgan fingerprint density at radius 3 is 1.62 bits per heavy atom. The SMILES string of the molecule is CCS(=O)(=O)c1ccc(C(C)NC(=O)c2ccc3c(c2)CCN(Cc2cnc(C)cn2)C3C(C)C)cc1.CCS(=O)(=O)c1ccc(CNC(=O)c2ccc3c(c2)CCN(Cc2ccc(Cl)cc2)C3C(C)C)cc1. The van der Waals surface area contributed by atoms with Crippen molar-refractivity contribution in [2.45, 2.75) is 116 Å². The number of carbonyl (C=O) groups is 2.